The van der Waals surface area contributed by atoms with Gasteiger partial charge in [0, 0.05) is 58.7 Å². The summed E-state index contributed by atoms with van der Waals surface area (Å²) in [6.45, 7) is 25.9. The lowest BCUT2D eigenvalue weighted by molar-refractivity contribution is 0.117. The molecule has 0 heterocycles. The molecule has 0 radical (unpaired) electrons. The van der Waals surface area contributed by atoms with E-state index in [1.807, 2.05) is 0 Å². The molecule has 0 aliphatic heterocycles. The highest BCUT2D eigenvalue weighted by atomic mass is 31.2. The first-order valence-electron chi connectivity index (χ1n) is 44.6. The number of ether oxygens (including phenoxy) is 3. The van der Waals surface area contributed by atoms with Crippen LogP contribution in [0.25, 0.3) is 0 Å². The van der Waals surface area contributed by atoms with Gasteiger partial charge in [-0.25, -0.2) is 0 Å². The Morgan fingerprint density at radius 3 is 0.500 bits per heavy atom. The fraction of sp³-hybridized carbons (Fsp3) is 0.806. The van der Waals surface area contributed by atoms with Gasteiger partial charge in [0.15, 0.2) is 0 Å². The van der Waals surface area contributed by atoms with Crippen LogP contribution in [-0.2, 0) is 34.0 Å². The maximum Gasteiger partial charge on any atom is 0.0716 e. The van der Waals surface area contributed by atoms with E-state index < -0.39 is 21.8 Å². The van der Waals surface area contributed by atoms with Crippen LogP contribution in [0.1, 0.15) is 387 Å². The van der Waals surface area contributed by atoms with Gasteiger partial charge in [-0.3, -0.25) is 0 Å². The van der Waals surface area contributed by atoms with E-state index in [1.54, 1.807) is 73.9 Å². The van der Waals surface area contributed by atoms with Crippen molar-refractivity contribution in [3.8, 4) is 0 Å². The Bertz CT molecular complexity index is 1860. The summed E-state index contributed by atoms with van der Waals surface area (Å²) in [5.74, 6) is 0. The number of hydrogen-bond acceptors (Lipinski definition) is 4. The van der Waals surface area contributed by atoms with Crippen molar-refractivity contribution in [1.82, 2.24) is 0 Å². The van der Waals surface area contributed by atoms with Gasteiger partial charge in [0.25, 0.3) is 0 Å². The Morgan fingerprint density at radius 1 is 0.190 bits per heavy atom. The second kappa shape index (κ2) is 64.8. The van der Waals surface area contributed by atoms with Crippen LogP contribution in [-0.4, -0.2) is 93.8 Å². The van der Waals surface area contributed by atoms with E-state index in [-0.39, 0.29) is 0 Å². The molecule has 0 N–H and O–H groups in total. The fourth-order valence-corrected chi connectivity index (χ4v) is 30.9. The lowest BCUT2D eigenvalue weighted by Gasteiger charge is -2.28. The predicted octanol–water partition coefficient (Wildman–Crippen LogP) is 31.7. The SMILES string of the molecule is CCCCCC[P+](CCCCCC)(CCCCCC)CCCCCCOCc1ccc(N(c2ccc(COCCCCCC[P+](CCCCCC)(CCCCCC)CCCCCC)cc2)c2ccc(COCCCCCC[P+](CCCCCC)(CCCCCC)CCCCCC)cc2)cc1. The Labute approximate surface area is 627 Å². The van der Waals surface area contributed by atoms with E-state index in [4.69, 9.17) is 14.2 Å². The smallest absolute Gasteiger partial charge is 0.0716 e. The Balaban J connectivity index is 1.66. The number of unbranched alkanes of at least 4 members (excludes halogenated alkanes) is 36. The number of nitrogens with zero attached hydrogens (tertiary/aromatic N) is 1. The largest absolute Gasteiger partial charge is 0.377 e. The van der Waals surface area contributed by atoms with Gasteiger partial charge in [-0.05, 0) is 226 Å². The van der Waals surface area contributed by atoms with E-state index >= 15 is 0 Å². The highest BCUT2D eigenvalue weighted by Crippen LogP contribution is 2.64. The monoisotopic (exact) mass is 1440 g/mol. The van der Waals surface area contributed by atoms with Crippen LogP contribution >= 0.6 is 21.8 Å². The Hall–Kier alpha value is -1.37. The number of rotatable bonds is 75. The lowest BCUT2D eigenvalue weighted by atomic mass is 10.1. The summed E-state index contributed by atoms with van der Waals surface area (Å²) in [7, 11) is -2.59. The molecule has 0 saturated heterocycles. The van der Waals surface area contributed by atoms with Gasteiger partial charge >= 0.3 is 0 Å². The fourth-order valence-electron chi connectivity index (χ4n) is 16.1. The van der Waals surface area contributed by atoms with Gasteiger partial charge in [0.1, 0.15) is 0 Å². The zero-order valence-corrected chi connectivity index (χ0v) is 71.3. The minimum absolute atomic E-state index is 0.671. The van der Waals surface area contributed by atoms with Crippen molar-refractivity contribution in [1.29, 1.82) is 0 Å². The van der Waals surface area contributed by atoms with E-state index in [9.17, 15) is 0 Å². The van der Waals surface area contributed by atoms with Gasteiger partial charge in [-0.1, -0.05) is 234 Å². The van der Waals surface area contributed by atoms with Crippen molar-refractivity contribution in [2.24, 2.45) is 0 Å². The average molecular weight is 1440 g/mol. The average Bonchev–Trinajstić information content (AvgIpc) is 0.809. The zero-order chi connectivity index (χ0) is 71.8. The normalized spacial score (nSPS) is 12.2. The van der Waals surface area contributed by atoms with Crippen molar-refractivity contribution in [3.05, 3.63) is 89.5 Å². The summed E-state index contributed by atoms with van der Waals surface area (Å²) in [4.78, 5) is 2.43. The summed E-state index contributed by atoms with van der Waals surface area (Å²) in [5, 5.41) is 0. The number of benzene rings is 3. The van der Waals surface area contributed by atoms with Gasteiger partial charge in [0.05, 0.1) is 93.8 Å². The maximum atomic E-state index is 6.42. The first-order valence-corrected chi connectivity index (χ1v) is 52.2. The first kappa shape index (κ1) is 92.8. The minimum atomic E-state index is -0.864. The minimum Gasteiger partial charge on any atom is -0.377 e. The summed E-state index contributed by atoms with van der Waals surface area (Å²) in [5.41, 5.74) is 7.26. The molecule has 0 fully saturated rings. The van der Waals surface area contributed by atoms with Crippen LogP contribution < -0.4 is 4.90 Å². The highest BCUT2D eigenvalue weighted by Gasteiger charge is 2.37. The molecular formula is C93H171NO3P3+3. The first-order chi connectivity index (χ1) is 49.2. The third-order valence-corrected chi connectivity index (χ3v) is 38.0. The summed E-state index contributed by atoms with van der Waals surface area (Å²) < 4.78 is 19.3. The molecule has 3 aromatic carbocycles. The molecule has 0 atom stereocenters. The van der Waals surface area contributed by atoms with Crippen molar-refractivity contribution in [2.75, 3.05) is 98.7 Å². The maximum absolute atomic E-state index is 6.42. The van der Waals surface area contributed by atoms with E-state index in [0.29, 0.717) is 19.8 Å². The van der Waals surface area contributed by atoms with Crippen molar-refractivity contribution in [2.45, 2.75) is 390 Å². The van der Waals surface area contributed by atoms with Gasteiger partial charge in [0.2, 0.25) is 0 Å². The van der Waals surface area contributed by atoms with Gasteiger partial charge in [-0.2, -0.15) is 0 Å². The van der Waals surface area contributed by atoms with Crippen LogP contribution in [0.2, 0.25) is 0 Å². The topological polar surface area (TPSA) is 30.9 Å². The van der Waals surface area contributed by atoms with Gasteiger partial charge in [-0.15, -0.1) is 0 Å². The van der Waals surface area contributed by atoms with Crippen LogP contribution in [0.5, 0.6) is 0 Å². The van der Waals surface area contributed by atoms with Crippen LogP contribution in [0, 0.1) is 0 Å². The van der Waals surface area contributed by atoms with Crippen LogP contribution in [0.15, 0.2) is 72.8 Å². The molecule has 0 aliphatic rings. The molecule has 0 aliphatic carbocycles. The summed E-state index contributed by atoms with van der Waals surface area (Å²) in [6.07, 6.45) is 86.0. The predicted molar refractivity (Wildman–Crippen MR) is 462 cm³/mol. The van der Waals surface area contributed by atoms with Crippen molar-refractivity contribution in [3.63, 3.8) is 0 Å². The molecule has 0 aromatic heterocycles. The lowest BCUT2D eigenvalue weighted by Crippen LogP contribution is -2.13. The van der Waals surface area contributed by atoms with E-state index in [2.05, 4.69) is 140 Å². The van der Waals surface area contributed by atoms with Crippen LogP contribution in [0.4, 0.5) is 17.1 Å². The molecule has 3 rings (SSSR count). The Morgan fingerprint density at radius 2 is 0.340 bits per heavy atom. The Kier molecular flexibility index (Phi) is 60.1. The second-order valence-corrected chi connectivity index (χ2v) is 45.4. The van der Waals surface area contributed by atoms with E-state index in [1.165, 1.54) is 342 Å². The van der Waals surface area contributed by atoms with Crippen LogP contribution in [0.3, 0.4) is 0 Å². The molecule has 100 heavy (non-hydrogen) atoms. The molecule has 0 amide bonds. The number of hydrogen-bond donors (Lipinski definition) is 0. The van der Waals surface area contributed by atoms with Crippen molar-refractivity contribution < 1.29 is 14.2 Å². The zero-order valence-electron chi connectivity index (χ0n) is 68.6. The molecule has 3 aromatic rings. The standard InChI is InChI=1S/C93H171NO3P3/c1-10-19-28-46-73-98(74-47-29-20-11-2,75-48-30-21-12-3)82-55-40-37-43-70-95-85-88-58-64-91(65-59-88)94(92-66-60-89(61-67-92)86-96-71-44-38-41-56-83-99(76-49-31-22-13-4,77-50-32-23-14-5)78-51-33-24-15-6)93-68-62-90(63-69-93)87-97-72-45-39-42-57-84-100(79-52-34-25-16-7,80-53-35-26-17-8)81-54-36-27-18-9/h58-69H,10-57,70-87H2,1-9H3/q+3. The van der Waals surface area contributed by atoms with Gasteiger partial charge < -0.3 is 19.1 Å². The second-order valence-electron chi connectivity index (χ2n) is 32.0. The molecule has 0 bridgehead atoms. The third-order valence-electron chi connectivity index (χ3n) is 22.8. The summed E-state index contributed by atoms with van der Waals surface area (Å²) >= 11 is 0. The highest BCUT2D eigenvalue weighted by molar-refractivity contribution is 7.76. The molecule has 7 heteroatoms. The molecule has 0 spiro atoms. The molecule has 0 unspecified atom stereocenters. The number of anilines is 3. The quantitative estimate of drug-likeness (QED) is 0.0416. The molecule has 0 saturated carbocycles. The van der Waals surface area contributed by atoms with E-state index in [0.717, 1.165) is 19.8 Å². The third kappa shape index (κ3) is 45.3. The molecular weight excluding hydrogens is 1270 g/mol. The summed E-state index contributed by atoms with van der Waals surface area (Å²) in [6, 6.07) is 27.6. The molecule has 4 nitrogen and oxygen atoms in total. The van der Waals surface area contributed by atoms with Crippen molar-refractivity contribution >= 4 is 38.8 Å². The molecule has 578 valence electrons.